The number of nitrogens with zero attached hydrogens (tertiary/aromatic N) is 2. The summed E-state index contributed by atoms with van der Waals surface area (Å²) in [5.74, 6) is -1.41. The molecule has 0 aliphatic carbocycles. The van der Waals surface area contributed by atoms with Gasteiger partial charge in [-0.05, 0) is 48.9 Å². The predicted octanol–water partition coefficient (Wildman–Crippen LogP) is 4.68. The van der Waals surface area contributed by atoms with Gasteiger partial charge >= 0.3 is 0 Å². The largest absolute Gasteiger partial charge is 0.507 e. The van der Waals surface area contributed by atoms with Crippen molar-refractivity contribution in [2.45, 2.75) is 13.0 Å². The Morgan fingerprint density at radius 3 is 2.48 bits per heavy atom. The van der Waals surface area contributed by atoms with Gasteiger partial charge in [0.25, 0.3) is 11.7 Å². The number of rotatable bonds is 4. The molecule has 4 rings (SSSR count). The van der Waals surface area contributed by atoms with E-state index in [4.69, 9.17) is 16.3 Å². The zero-order valence-electron chi connectivity index (χ0n) is 16.9. The summed E-state index contributed by atoms with van der Waals surface area (Å²) in [6, 6.07) is 16.3. The summed E-state index contributed by atoms with van der Waals surface area (Å²) in [7, 11) is 1.48. The van der Waals surface area contributed by atoms with Crippen LogP contribution in [0.3, 0.4) is 0 Å². The van der Waals surface area contributed by atoms with Gasteiger partial charge in [0, 0.05) is 17.4 Å². The molecular formula is C24H19ClN2O4. The van der Waals surface area contributed by atoms with E-state index in [0.717, 1.165) is 5.56 Å². The highest BCUT2D eigenvalue weighted by molar-refractivity contribution is 6.51. The van der Waals surface area contributed by atoms with Gasteiger partial charge in [-0.3, -0.25) is 19.5 Å². The van der Waals surface area contributed by atoms with Crippen LogP contribution in [0.4, 0.5) is 5.69 Å². The van der Waals surface area contributed by atoms with E-state index in [1.54, 1.807) is 48.7 Å². The van der Waals surface area contributed by atoms with E-state index in [1.165, 1.54) is 18.1 Å². The number of halogens is 1. The highest BCUT2D eigenvalue weighted by atomic mass is 35.5. The molecule has 1 aromatic heterocycles. The number of ketones is 1. The van der Waals surface area contributed by atoms with Gasteiger partial charge in [-0.2, -0.15) is 0 Å². The maximum Gasteiger partial charge on any atom is 0.300 e. The van der Waals surface area contributed by atoms with Crippen LogP contribution in [0.15, 0.2) is 72.4 Å². The van der Waals surface area contributed by atoms with Crippen LogP contribution in [0.5, 0.6) is 5.75 Å². The van der Waals surface area contributed by atoms with E-state index < -0.39 is 17.7 Å². The second-order valence-electron chi connectivity index (χ2n) is 7.06. The Labute approximate surface area is 184 Å². The van der Waals surface area contributed by atoms with Gasteiger partial charge in [-0.25, -0.2) is 0 Å². The van der Waals surface area contributed by atoms with E-state index in [9.17, 15) is 14.7 Å². The fraction of sp³-hybridized carbons (Fsp3) is 0.125. The number of aliphatic hydroxyl groups is 1. The van der Waals surface area contributed by atoms with Crippen LogP contribution in [0, 0.1) is 6.92 Å². The summed E-state index contributed by atoms with van der Waals surface area (Å²) >= 11 is 6.21. The van der Waals surface area contributed by atoms with Crippen LogP contribution in [0.1, 0.15) is 22.9 Å². The summed E-state index contributed by atoms with van der Waals surface area (Å²) in [6.45, 7) is 1.85. The number of anilines is 1. The number of methoxy groups -OCH3 is 1. The molecule has 1 saturated heterocycles. The molecule has 1 amide bonds. The molecule has 1 unspecified atom stereocenters. The Balaban J connectivity index is 1.95. The molecule has 1 aliphatic heterocycles. The molecule has 6 nitrogen and oxygen atoms in total. The average Bonchev–Trinajstić information content (AvgIpc) is 3.04. The second-order valence-corrected chi connectivity index (χ2v) is 7.47. The van der Waals surface area contributed by atoms with Crippen molar-refractivity contribution in [3.8, 4) is 5.75 Å². The van der Waals surface area contributed by atoms with Gasteiger partial charge in [0.2, 0.25) is 0 Å². The van der Waals surface area contributed by atoms with Gasteiger partial charge in [-0.1, -0.05) is 35.9 Å². The molecule has 3 aromatic rings. The third kappa shape index (κ3) is 3.55. The van der Waals surface area contributed by atoms with Gasteiger partial charge in [-0.15, -0.1) is 0 Å². The molecule has 0 radical (unpaired) electrons. The molecule has 1 aliphatic rings. The minimum Gasteiger partial charge on any atom is -0.507 e. The highest BCUT2D eigenvalue weighted by Crippen LogP contribution is 2.42. The lowest BCUT2D eigenvalue weighted by molar-refractivity contribution is -0.132. The van der Waals surface area contributed by atoms with E-state index >= 15 is 0 Å². The quantitative estimate of drug-likeness (QED) is 0.366. The summed E-state index contributed by atoms with van der Waals surface area (Å²) < 4.78 is 5.15. The first kappa shape index (κ1) is 20.6. The number of aromatic nitrogens is 1. The number of aryl methyl sites for hydroxylation is 1. The standard InChI is InChI=1S/C24H19ClN2O4/c1-14-7-3-4-9-18(14)27-21(17-8-5-6-12-26-17)20(23(29)24(27)30)22(28)15-10-11-19(31-2)16(25)13-15/h3-13,21,28H,1-2H3/b22-20-. The number of carbonyl (C=O) groups excluding carboxylic acids is 2. The van der Waals surface area contributed by atoms with Crippen LogP contribution in [-0.2, 0) is 9.59 Å². The Morgan fingerprint density at radius 2 is 1.84 bits per heavy atom. The Morgan fingerprint density at radius 1 is 1.10 bits per heavy atom. The third-order valence-corrected chi connectivity index (χ3v) is 5.51. The number of hydrogen-bond acceptors (Lipinski definition) is 5. The van der Waals surface area contributed by atoms with Crippen molar-refractivity contribution in [2.75, 3.05) is 12.0 Å². The molecule has 156 valence electrons. The molecule has 0 spiro atoms. The van der Waals surface area contributed by atoms with E-state index in [-0.39, 0.29) is 16.4 Å². The molecule has 0 bridgehead atoms. The van der Waals surface area contributed by atoms with Crippen molar-refractivity contribution >= 4 is 34.7 Å². The van der Waals surface area contributed by atoms with Gasteiger partial charge in [0.15, 0.2) is 0 Å². The predicted molar refractivity (Wildman–Crippen MR) is 118 cm³/mol. The minimum atomic E-state index is -0.886. The van der Waals surface area contributed by atoms with E-state index in [0.29, 0.717) is 22.7 Å². The molecule has 2 aromatic carbocycles. The number of amides is 1. The fourth-order valence-corrected chi connectivity index (χ4v) is 3.96. The summed E-state index contributed by atoms with van der Waals surface area (Å²) in [5, 5.41) is 11.4. The molecular weight excluding hydrogens is 416 g/mol. The number of para-hydroxylation sites is 1. The molecule has 1 atom stereocenters. The molecule has 1 N–H and O–H groups in total. The Bertz CT molecular complexity index is 1210. The third-order valence-electron chi connectivity index (χ3n) is 5.21. The number of hydrogen-bond donors (Lipinski definition) is 1. The van der Waals surface area contributed by atoms with Crippen molar-refractivity contribution in [1.29, 1.82) is 0 Å². The van der Waals surface area contributed by atoms with Crippen LogP contribution >= 0.6 is 11.6 Å². The van der Waals surface area contributed by atoms with Crippen molar-refractivity contribution in [3.05, 3.63) is 94.3 Å². The van der Waals surface area contributed by atoms with Crippen molar-refractivity contribution in [1.82, 2.24) is 4.98 Å². The first-order chi connectivity index (χ1) is 14.9. The monoisotopic (exact) mass is 434 g/mol. The lowest BCUT2D eigenvalue weighted by Gasteiger charge is -2.26. The number of pyridine rings is 1. The van der Waals surface area contributed by atoms with Gasteiger partial charge < -0.3 is 9.84 Å². The average molecular weight is 435 g/mol. The summed E-state index contributed by atoms with van der Waals surface area (Å²) in [4.78, 5) is 32.0. The minimum absolute atomic E-state index is 0.0480. The van der Waals surface area contributed by atoms with Crippen LogP contribution in [0.2, 0.25) is 5.02 Å². The lowest BCUT2D eigenvalue weighted by atomic mass is 9.98. The van der Waals surface area contributed by atoms with E-state index in [2.05, 4.69) is 4.98 Å². The molecule has 31 heavy (non-hydrogen) atoms. The summed E-state index contributed by atoms with van der Waals surface area (Å²) in [6.07, 6.45) is 1.58. The fourth-order valence-electron chi connectivity index (χ4n) is 3.70. The summed E-state index contributed by atoms with van der Waals surface area (Å²) in [5.41, 5.74) is 2.11. The molecule has 2 heterocycles. The Kier molecular flexibility index (Phi) is 5.48. The number of Topliss-reactive ketones (excluding diaryl/α,β-unsaturated/α-hetero) is 1. The second kappa shape index (κ2) is 8.24. The first-order valence-corrected chi connectivity index (χ1v) is 9.93. The maximum absolute atomic E-state index is 13.1. The SMILES string of the molecule is COc1ccc(/C(O)=C2/C(=O)C(=O)N(c3ccccc3C)C2c2ccccn2)cc1Cl. The van der Waals surface area contributed by atoms with Crippen LogP contribution in [0.25, 0.3) is 5.76 Å². The highest BCUT2D eigenvalue weighted by Gasteiger charge is 2.48. The van der Waals surface area contributed by atoms with Crippen LogP contribution < -0.4 is 9.64 Å². The first-order valence-electron chi connectivity index (χ1n) is 9.55. The van der Waals surface area contributed by atoms with Crippen molar-refractivity contribution < 1.29 is 19.4 Å². The van der Waals surface area contributed by atoms with Gasteiger partial charge in [0.05, 0.1) is 23.4 Å². The molecule has 0 saturated carbocycles. The Hall–Kier alpha value is -3.64. The number of carbonyl (C=O) groups is 2. The van der Waals surface area contributed by atoms with E-state index in [1.807, 2.05) is 19.1 Å². The zero-order valence-corrected chi connectivity index (χ0v) is 17.6. The van der Waals surface area contributed by atoms with Gasteiger partial charge in [0.1, 0.15) is 17.6 Å². The number of benzene rings is 2. The maximum atomic E-state index is 13.1. The topological polar surface area (TPSA) is 79.7 Å². The normalized spacial score (nSPS) is 17.8. The molecule has 7 heteroatoms. The number of ether oxygens (including phenoxy) is 1. The molecule has 1 fully saturated rings. The lowest BCUT2D eigenvalue weighted by Crippen LogP contribution is -2.30. The van der Waals surface area contributed by atoms with Crippen molar-refractivity contribution in [2.24, 2.45) is 0 Å². The smallest absolute Gasteiger partial charge is 0.300 e. The van der Waals surface area contributed by atoms with Crippen LogP contribution in [-0.4, -0.2) is 28.9 Å². The zero-order chi connectivity index (χ0) is 22.1. The van der Waals surface area contributed by atoms with Crippen molar-refractivity contribution in [3.63, 3.8) is 0 Å². The number of aliphatic hydroxyl groups excluding tert-OH is 1.